The van der Waals surface area contributed by atoms with Gasteiger partial charge in [0.15, 0.2) is 0 Å². The number of amides is 2. The lowest BCUT2D eigenvalue weighted by Gasteiger charge is -2.11. The van der Waals surface area contributed by atoms with Crippen LogP contribution in [0.25, 0.3) is 0 Å². The van der Waals surface area contributed by atoms with Crippen molar-refractivity contribution in [2.45, 2.75) is 6.42 Å². The molecule has 0 aliphatic heterocycles. The topological polar surface area (TPSA) is 78.4 Å². The molecule has 2 amide bonds. The first-order valence-corrected chi connectivity index (χ1v) is 5.85. The van der Waals surface area contributed by atoms with Crippen LogP contribution in [0.4, 0.5) is 10.5 Å². The third kappa shape index (κ3) is 3.79. The highest BCUT2D eigenvalue weighted by Gasteiger charge is 2.14. The molecule has 1 aromatic rings. The summed E-state index contributed by atoms with van der Waals surface area (Å²) in [5, 5.41) is 14.0. The van der Waals surface area contributed by atoms with E-state index in [-0.39, 0.29) is 11.3 Å². The van der Waals surface area contributed by atoms with Gasteiger partial charge in [-0.15, -0.1) is 12.3 Å². The lowest BCUT2D eigenvalue weighted by molar-refractivity contribution is 0.0698. The van der Waals surface area contributed by atoms with Gasteiger partial charge < -0.3 is 15.7 Å². The number of carboxylic acid groups (broad SMARTS) is 1. The molecule has 0 spiro atoms. The van der Waals surface area contributed by atoms with Crippen molar-refractivity contribution in [3.63, 3.8) is 0 Å². The third-order valence-electron chi connectivity index (χ3n) is 2.04. The fraction of sp³-hybridized carbons (Fsp3) is 0.167. The maximum Gasteiger partial charge on any atom is 0.337 e. The van der Waals surface area contributed by atoms with Gasteiger partial charge in [-0.3, -0.25) is 0 Å². The van der Waals surface area contributed by atoms with E-state index in [9.17, 15) is 9.59 Å². The predicted octanol–water partition coefficient (Wildman–Crippen LogP) is 2.29. The molecule has 0 saturated carbocycles. The molecule has 5 nitrogen and oxygen atoms in total. The van der Waals surface area contributed by atoms with Crippen LogP contribution in [0.3, 0.4) is 0 Å². The molecule has 1 rings (SSSR count). The van der Waals surface area contributed by atoms with E-state index >= 15 is 0 Å². The van der Waals surface area contributed by atoms with Crippen molar-refractivity contribution in [1.29, 1.82) is 0 Å². The van der Waals surface area contributed by atoms with Gasteiger partial charge in [-0.25, -0.2) is 9.59 Å². The van der Waals surface area contributed by atoms with E-state index < -0.39 is 12.0 Å². The van der Waals surface area contributed by atoms with Crippen molar-refractivity contribution >= 4 is 33.6 Å². The summed E-state index contributed by atoms with van der Waals surface area (Å²) >= 11 is 3.19. The monoisotopic (exact) mass is 310 g/mol. The maximum absolute atomic E-state index is 11.5. The molecule has 1 aromatic carbocycles. The number of terminal acetylenes is 1. The molecule has 0 radical (unpaired) electrons. The Kier molecular flexibility index (Phi) is 5.21. The molecule has 0 saturated heterocycles. The second kappa shape index (κ2) is 6.67. The summed E-state index contributed by atoms with van der Waals surface area (Å²) in [7, 11) is 0. The zero-order valence-electron chi connectivity index (χ0n) is 9.37. The van der Waals surface area contributed by atoms with E-state index in [4.69, 9.17) is 11.5 Å². The minimum atomic E-state index is -1.12. The number of hydrogen-bond donors (Lipinski definition) is 3. The minimum Gasteiger partial charge on any atom is -0.478 e. The summed E-state index contributed by atoms with van der Waals surface area (Å²) in [5.41, 5.74) is 0.222. The summed E-state index contributed by atoms with van der Waals surface area (Å²) in [6.07, 6.45) is 5.46. The number of carboxylic acids is 1. The Balaban J connectivity index is 2.81. The standard InChI is InChI=1S/C12H11BrN2O3/c1-2-3-7-14-12(18)15-10-8(11(16)17)5-4-6-9(10)13/h1,4-6H,3,7H2,(H,16,17)(H2,14,15,18). The minimum absolute atomic E-state index is 0.0106. The molecule has 0 aromatic heterocycles. The van der Waals surface area contributed by atoms with Crippen molar-refractivity contribution in [1.82, 2.24) is 5.32 Å². The van der Waals surface area contributed by atoms with Crippen LogP contribution in [0, 0.1) is 12.3 Å². The average Bonchev–Trinajstić information content (AvgIpc) is 2.31. The summed E-state index contributed by atoms with van der Waals surface area (Å²) in [4.78, 5) is 22.5. The fourth-order valence-corrected chi connectivity index (χ4v) is 1.70. The molecule has 0 fully saturated rings. The number of rotatable bonds is 4. The Morgan fingerprint density at radius 3 is 2.78 bits per heavy atom. The molecule has 0 unspecified atom stereocenters. The van der Waals surface area contributed by atoms with E-state index in [1.165, 1.54) is 6.07 Å². The largest absolute Gasteiger partial charge is 0.478 e. The molecule has 0 heterocycles. The molecule has 3 N–H and O–H groups in total. The molecule has 94 valence electrons. The van der Waals surface area contributed by atoms with Gasteiger partial charge in [-0.2, -0.15) is 0 Å². The van der Waals surface area contributed by atoms with Gasteiger partial charge in [-0.1, -0.05) is 6.07 Å². The molecule has 18 heavy (non-hydrogen) atoms. The Morgan fingerprint density at radius 2 is 2.17 bits per heavy atom. The lowest BCUT2D eigenvalue weighted by atomic mass is 10.2. The zero-order chi connectivity index (χ0) is 13.5. The van der Waals surface area contributed by atoms with Gasteiger partial charge in [0.1, 0.15) is 0 Å². The fourth-order valence-electron chi connectivity index (χ4n) is 1.24. The Morgan fingerprint density at radius 1 is 1.44 bits per heavy atom. The summed E-state index contributed by atoms with van der Waals surface area (Å²) in [5.74, 6) is 1.27. The molecule has 6 heteroatoms. The van der Waals surface area contributed by atoms with E-state index in [0.29, 0.717) is 17.4 Å². The van der Waals surface area contributed by atoms with Crippen LogP contribution in [0.5, 0.6) is 0 Å². The first-order chi connectivity index (χ1) is 8.56. The Labute approximate surface area is 113 Å². The van der Waals surface area contributed by atoms with Gasteiger partial charge in [0.05, 0.1) is 11.3 Å². The number of nitrogens with one attached hydrogen (secondary N) is 2. The van der Waals surface area contributed by atoms with Gasteiger partial charge >= 0.3 is 12.0 Å². The van der Waals surface area contributed by atoms with Crippen molar-refractivity contribution < 1.29 is 14.7 Å². The SMILES string of the molecule is C#CCCNC(=O)Nc1c(Br)cccc1C(=O)O. The summed E-state index contributed by atoms with van der Waals surface area (Å²) in [6, 6.07) is 4.13. The number of benzene rings is 1. The molecule has 0 atom stereocenters. The lowest BCUT2D eigenvalue weighted by Crippen LogP contribution is -2.30. The highest BCUT2D eigenvalue weighted by Crippen LogP contribution is 2.26. The smallest absolute Gasteiger partial charge is 0.337 e. The van der Waals surface area contributed by atoms with Crippen LogP contribution in [0.1, 0.15) is 16.8 Å². The summed E-state index contributed by atoms with van der Waals surface area (Å²) in [6.45, 7) is 0.329. The number of urea groups is 1. The number of aromatic carboxylic acids is 1. The van der Waals surface area contributed by atoms with Crippen LogP contribution in [-0.4, -0.2) is 23.7 Å². The summed E-state index contributed by atoms with van der Waals surface area (Å²) < 4.78 is 0.495. The molecule has 0 aliphatic carbocycles. The second-order valence-corrected chi connectivity index (χ2v) is 4.16. The molecular weight excluding hydrogens is 300 g/mol. The first kappa shape index (κ1) is 14.1. The van der Waals surface area contributed by atoms with E-state index in [1.807, 2.05) is 0 Å². The highest BCUT2D eigenvalue weighted by atomic mass is 79.9. The van der Waals surface area contributed by atoms with Gasteiger partial charge in [-0.05, 0) is 28.1 Å². The van der Waals surface area contributed by atoms with Crippen LogP contribution < -0.4 is 10.6 Å². The number of hydrogen-bond acceptors (Lipinski definition) is 2. The number of anilines is 1. The number of carbonyl (C=O) groups excluding carboxylic acids is 1. The van der Waals surface area contributed by atoms with Crippen molar-refractivity contribution in [3.05, 3.63) is 28.2 Å². The van der Waals surface area contributed by atoms with Crippen LogP contribution in [0.15, 0.2) is 22.7 Å². The van der Waals surface area contributed by atoms with Crippen molar-refractivity contribution in [3.8, 4) is 12.3 Å². The Hall–Kier alpha value is -2.00. The van der Waals surface area contributed by atoms with Gasteiger partial charge in [0, 0.05) is 17.4 Å². The van der Waals surface area contributed by atoms with Crippen LogP contribution in [0.2, 0.25) is 0 Å². The maximum atomic E-state index is 11.5. The molecule has 0 bridgehead atoms. The van der Waals surface area contributed by atoms with E-state index in [2.05, 4.69) is 32.5 Å². The number of carbonyl (C=O) groups is 2. The van der Waals surface area contributed by atoms with Crippen LogP contribution >= 0.6 is 15.9 Å². The first-order valence-electron chi connectivity index (χ1n) is 5.06. The molecular formula is C12H11BrN2O3. The van der Waals surface area contributed by atoms with E-state index in [0.717, 1.165) is 0 Å². The quantitative estimate of drug-likeness (QED) is 0.590. The van der Waals surface area contributed by atoms with Crippen molar-refractivity contribution in [2.75, 3.05) is 11.9 Å². The normalized spacial score (nSPS) is 9.33. The third-order valence-corrected chi connectivity index (χ3v) is 2.70. The van der Waals surface area contributed by atoms with Crippen molar-refractivity contribution in [2.24, 2.45) is 0 Å². The van der Waals surface area contributed by atoms with Gasteiger partial charge in [0.25, 0.3) is 0 Å². The Bertz CT molecular complexity index is 509. The second-order valence-electron chi connectivity index (χ2n) is 3.30. The molecule has 0 aliphatic rings. The van der Waals surface area contributed by atoms with Gasteiger partial charge in [0.2, 0.25) is 0 Å². The van der Waals surface area contributed by atoms with Crippen LogP contribution in [-0.2, 0) is 0 Å². The van der Waals surface area contributed by atoms with E-state index in [1.54, 1.807) is 12.1 Å². The number of para-hydroxylation sites is 1. The zero-order valence-corrected chi connectivity index (χ0v) is 11.0. The highest BCUT2D eigenvalue weighted by molar-refractivity contribution is 9.10. The average molecular weight is 311 g/mol. The number of halogens is 1. The predicted molar refractivity (Wildman–Crippen MR) is 71.6 cm³/mol.